The predicted octanol–water partition coefficient (Wildman–Crippen LogP) is -0.173. The molecule has 0 aromatic heterocycles. The molecule has 5 nitrogen and oxygen atoms in total. The van der Waals surface area contributed by atoms with Crippen molar-refractivity contribution in [3.8, 4) is 0 Å². The molecule has 1 saturated heterocycles. The highest BCUT2D eigenvalue weighted by Crippen LogP contribution is 2.06. The summed E-state index contributed by atoms with van der Waals surface area (Å²) in [6, 6.07) is -0.246. The first-order chi connectivity index (χ1) is 6.66. The van der Waals surface area contributed by atoms with Crippen molar-refractivity contribution in [3.63, 3.8) is 0 Å². The summed E-state index contributed by atoms with van der Waals surface area (Å²) in [6.45, 7) is 1.42. The summed E-state index contributed by atoms with van der Waals surface area (Å²) in [6.07, 6.45) is 0. The Labute approximate surface area is 88.4 Å². The summed E-state index contributed by atoms with van der Waals surface area (Å²) in [5.41, 5.74) is 0. The van der Waals surface area contributed by atoms with Crippen LogP contribution in [-0.4, -0.2) is 60.8 Å². The molecule has 14 heavy (non-hydrogen) atoms. The molecule has 0 bridgehead atoms. The molecule has 0 saturated carbocycles. The van der Waals surface area contributed by atoms with Crippen molar-refractivity contribution >= 4 is 24.6 Å². The fourth-order valence-corrected chi connectivity index (χ4v) is 1.34. The Bertz CT molecular complexity index is 235. The molecule has 0 aromatic carbocycles. The molecule has 1 heterocycles. The molecule has 0 aromatic rings. The largest absolute Gasteiger partial charge is 0.379 e. The van der Waals surface area contributed by atoms with Gasteiger partial charge in [-0.15, -0.1) is 0 Å². The van der Waals surface area contributed by atoms with Crippen molar-refractivity contribution in [2.24, 2.45) is 0 Å². The zero-order valence-electron chi connectivity index (χ0n) is 8.10. The van der Waals surface area contributed by atoms with E-state index in [1.54, 1.807) is 7.05 Å². The number of hydrogen-bond donors (Lipinski definition) is 1. The normalized spacial score (nSPS) is 17.0. The quantitative estimate of drug-likeness (QED) is 0.396. The van der Waals surface area contributed by atoms with Gasteiger partial charge in [-0.1, -0.05) is 0 Å². The van der Waals surface area contributed by atoms with E-state index >= 15 is 0 Å². The first kappa shape index (κ1) is 11.3. The molecule has 1 aliphatic rings. The van der Waals surface area contributed by atoms with E-state index in [0.717, 1.165) is 0 Å². The lowest BCUT2D eigenvalue weighted by atomic mass is 10.5. The van der Waals surface area contributed by atoms with Gasteiger partial charge in [0, 0.05) is 12.8 Å². The van der Waals surface area contributed by atoms with Crippen LogP contribution < -0.4 is 0 Å². The van der Waals surface area contributed by atoms with E-state index in [9.17, 15) is 9.59 Å². The van der Waals surface area contributed by atoms with Crippen molar-refractivity contribution in [1.29, 1.82) is 0 Å². The maximum Gasteiger partial charge on any atom is 0.327 e. The van der Waals surface area contributed by atoms with Gasteiger partial charge in [-0.3, -0.25) is 9.69 Å². The number of likely N-dealkylation sites (N-methyl/N-ethyl adjacent to an activating group) is 1. The summed E-state index contributed by atoms with van der Waals surface area (Å²) in [5.74, 6) is 0.480. The van der Waals surface area contributed by atoms with Crippen molar-refractivity contribution < 1.29 is 14.3 Å². The number of nitrogens with zero attached hydrogens (tertiary/aromatic N) is 2. The highest BCUT2D eigenvalue weighted by atomic mass is 32.1. The Balaban J connectivity index is 2.30. The van der Waals surface area contributed by atoms with Gasteiger partial charge >= 0.3 is 6.03 Å². The minimum Gasteiger partial charge on any atom is -0.379 e. The summed E-state index contributed by atoms with van der Waals surface area (Å²) < 4.78 is 5.14. The topological polar surface area (TPSA) is 49.9 Å². The minimum atomic E-state index is -0.246. The zero-order chi connectivity index (χ0) is 10.6. The second-order valence-electron chi connectivity index (χ2n) is 3.02. The van der Waals surface area contributed by atoms with E-state index < -0.39 is 0 Å². The molecule has 0 N–H and O–H groups in total. The van der Waals surface area contributed by atoms with Gasteiger partial charge in [0.25, 0.3) is 0 Å². The van der Waals surface area contributed by atoms with Gasteiger partial charge < -0.3 is 9.64 Å². The molecule has 0 aliphatic carbocycles. The van der Waals surface area contributed by atoms with Crippen LogP contribution in [0.5, 0.6) is 0 Å². The number of ether oxygens (including phenoxy) is 1. The SMILES string of the molecule is CN1CC(=O)N(CCOCCS)C1=O. The smallest absolute Gasteiger partial charge is 0.327 e. The molecule has 0 unspecified atom stereocenters. The first-order valence-electron chi connectivity index (χ1n) is 4.41. The van der Waals surface area contributed by atoms with Crippen LogP contribution in [0.15, 0.2) is 0 Å². The van der Waals surface area contributed by atoms with E-state index in [1.807, 2.05) is 0 Å². The van der Waals surface area contributed by atoms with Crippen molar-refractivity contribution in [2.45, 2.75) is 0 Å². The molecule has 3 amide bonds. The van der Waals surface area contributed by atoms with Crippen LogP contribution in [0, 0.1) is 0 Å². The molecule has 0 radical (unpaired) electrons. The predicted molar refractivity (Wildman–Crippen MR) is 54.4 cm³/mol. The number of hydrogen-bond acceptors (Lipinski definition) is 4. The molecule has 0 spiro atoms. The van der Waals surface area contributed by atoms with Gasteiger partial charge in [0.05, 0.1) is 19.8 Å². The first-order valence-corrected chi connectivity index (χ1v) is 5.04. The number of carbonyl (C=O) groups is 2. The van der Waals surface area contributed by atoms with Crippen LogP contribution in [-0.2, 0) is 9.53 Å². The van der Waals surface area contributed by atoms with Crippen LogP contribution in [0.3, 0.4) is 0 Å². The number of rotatable bonds is 5. The molecule has 1 fully saturated rings. The standard InChI is InChI=1S/C8H14N2O3S/c1-9-6-7(11)10(8(9)12)2-3-13-4-5-14/h14H,2-6H2,1H3. The Morgan fingerprint density at radius 3 is 2.64 bits per heavy atom. The molecule has 80 valence electrons. The number of imide groups is 1. The van der Waals surface area contributed by atoms with E-state index in [-0.39, 0.29) is 18.5 Å². The van der Waals surface area contributed by atoms with Gasteiger partial charge in [0.15, 0.2) is 0 Å². The molecule has 1 aliphatic heterocycles. The Kier molecular flexibility index (Phi) is 4.21. The van der Waals surface area contributed by atoms with Crippen LogP contribution >= 0.6 is 12.6 Å². The van der Waals surface area contributed by atoms with E-state index in [0.29, 0.717) is 25.5 Å². The van der Waals surface area contributed by atoms with Crippen LogP contribution in [0.1, 0.15) is 0 Å². The number of carbonyl (C=O) groups excluding carboxylic acids is 2. The monoisotopic (exact) mass is 218 g/mol. The van der Waals surface area contributed by atoms with Crippen molar-refractivity contribution in [3.05, 3.63) is 0 Å². The van der Waals surface area contributed by atoms with E-state index in [1.165, 1.54) is 9.80 Å². The second-order valence-corrected chi connectivity index (χ2v) is 3.47. The third-order valence-electron chi connectivity index (χ3n) is 1.93. The number of urea groups is 1. The Morgan fingerprint density at radius 1 is 1.43 bits per heavy atom. The highest BCUT2D eigenvalue weighted by molar-refractivity contribution is 7.80. The number of amides is 3. The van der Waals surface area contributed by atoms with Gasteiger partial charge in [-0.2, -0.15) is 12.6 Å². The van der Waals surface area contributed by atoms with Gasteiger partial charge in [-0.05, 0) is 0 Å². The lowest BCUT2D eigenvalue weighted by Crippen LogP contribution is -2.34. The molecular weight excluding hydrogens is 204 g/mol. The average Bonchev–Trinajstić information content (AvgIpc) is 2.38. The van der Waals surface area contributed by atoms with E-state index in [4.69, 9.17) is 4.74 Å². The van der Waals surface area contributed by atoms with Crippen LogP contribution in [0.4, 0.5) is 4.79 Å². The summed E-state index contributed by atoms with van der Waals surface area (Å²) in [4.78, 5) is 25.2. The van der Waals surface area contributed by atoms with Gasteiger partial charge in [-0.25, -0.2) is 4.79 Å². The Morgan fingerprint density at radius 2 is 2.14 bits per heavy atom. The molecular formula is C8H14N2O3S. The average molecular weight is 218 g/mol. The second kappa shape index (κ2) is 5.21. The van der Waals surface area contributed by atoms with Crippen LogP contribution in [0.2, 0.25) is 0 Å². The maximum absolute atomic E-state index is 11.3. The summed E-state index contributed by atoms with van der Waals surface area (Å²) in [7, 11) is 1.61. The molecule has 1 rings (SSSR count). The third-order valence-corrected chi connectivity index (χ3v) is 2.11. The molecule has 0 atom stereocenters. The Hall–Kier alpha value is -0.750. The summed E-state index contributed by atoms with van der Waals surface area (Å²) >= 11 is 3.97. The molecule has 6 heteroatoms. The lowest BCUT2D eigenvalue weighted by molar-refractivity contribution is -0.125. The van der Waals surface area contributed by atoms with E-state index in [2.05, 4.69) is 12.6 Å². The van der Waals surface area contributed by atoms with Crippen molar-refractivity contribution in [1.82, 2.24) is 9.80 Å². The fourth-order valence-electron chi connectivity index (χ4n) is 1.21. The zero-order valence-corrected chi connectivity index (χ0v) is 9.00. The number of thiol groups is 1. The van der Waals surface area contributed by atoms with Gasteiger partial charge in [0.2, 0.25) is 5.91 Å². The van der Waals surface area contributed by atoms with Crippen LogP contribution in [0.25, 0.3) is 0 Å². The summed E-state index contributed by atoms with van der Waals surface area (Å²) in [5, 5.41) is 0. The maximum atomic E-state index is 11.3. The van der Waals surface area contributed by atoms with Gasteiger partial charge in [0.1, 0.15) is 6.54 Å². The highest BCUT2D eigenvalue weighted by Gasteiger charge is 2.32. The third kappa shape index (κ3) is 2.62. The van der Waals surface area contributed by atoms with Crippen molar-refractivity contribution in [2.75, 3.05) is 39.1 Å². The lowest BCUT2D eigenvalue weighted by Gasteiger charge is -2.13. The fraction of sp³-hybridized carbons (Fsp3) is 0.750. The minimum absolute atomic E-state index is 0.160.